The van der Waals surface area contributed by atoms with E-state index >= 15 is 0 Å². The molecule has 0 saturated carbocycles. The third-order valence-electron chi connectivity index (χ3n) is 6.08. The van der Waals surface area contributed by atoms with Crippen LogP contribution in [0.2, 0.25) is 0 Å². The number of ketones is 1. The van der Waals surface area contributed by atoms with Crippen LogP contribution in [0.3, 0.4) is 0 Å². The van der Waals surface area contributed by atoms with Gasteiger partial charge in [0.2, 0.25) is 6.79 Å². The van der Waals surface area contributed by atoms with Gasteiger partial charge in [-0.25, -0.2) is 22.5 Å². The molecular formula is C29H27F4NO7. The van der Waals surface area contributed by atoms with Gasteiger partial charge in [-0.15, -0.1) is 0 Å². The first-order valence-corrected chi connectivity index (χ1v) is 12.4. The molecule has 0 saturated heterocycles. The number of benzene rings is 2. The lowest BCUT2D eigenvalue weighted by molar-refractivity contribution is -0.153. The van der Waals surface area contributed by atoms with Crippen LogP contribution < -0.4 is 9.47 Å². The highest BCUT2D eigenvalue weighted by atomic mass is 19.1. The van der Waals surface area contributed by atoms with Gasteiger partial charge in [0.05, 0.1) is 18.9 Å². The van der Waals surface area contributed by atoms with Crippen molar-refractivity contribution in [3.05, 3.63) is 88.8 Å². The quantitative estimate of drug-likeness (QED) is 0.120. The van der Waals surface area contributed by atoms with Crippen LogP contribution in [-0.2, 0) is 19.1 Å². The molecule has 0 amide bonds. The number of rotatable bonds is 12. The second kappa shape index (κ2) is 13.7. The number of hydrogen-bond donors (Lipinski definition) is 0. The van der Waals surface area contributed by atoms with Gasteiger partial charge in [0, 0.05) is 37.7 Å². The standard InChI is InChI=1S/C29H27F4NO7/c1-15(11-24(36)27-28(40-14-39-17(3)35)25(38-4)9-10-34-27)29(37)41-16(2)26(20-7-5-18(30)12-22(20)32)21-8-6-19(31)13-23(21)33/h5-10,12-13,15-16,26H,11,14H2,1-4H3/t15-,16+/m1/s1. The average Bonchev–Trinajstić information content (AvgIpc) is 2.90. The molecule has 3 rings (SSSR count). The number of nitrogens with zero attached hydrogens (tertiary/aromatic N) is 1. The lowest BCUT2D eigenvalue weighted by atomic mass is 9.86. The van der Waals surface area contributed by atoms with Crippen LogP contribution in [0.4, 0.5) is 17.6 Å². The van der Waals surface area contributed by atoms with Gasteiger partial charge in [0.15, 0.2) is 23.0 Å². The molecule has 8 nitrogen and oxygen atoms in total. The van der Waals surface area contributed by atoms with E-state index < -0.39 is 72.1 Å². The number of hydrogen-bond acceptors (Lipinski definition) is 8. The molecule has 0 spiro atoms. The molecule has 12 heteroatoms. The first-order chi connectivity index (χ1) is 19.4. The van der Waals surface area contributed by atoms with Gasteiger partial charge in [-0.3, -0.25) is 14.4 Å². The summed E-state index contributed by atoms with van der Waals surface area (Å²) in [5.74, 6) is -8.22. The van der Waals surface area contributed by atoms with E-state index in [2.05, 4.69) is 4.98 Å². The molecule has 0 bridgehead atoms. The van der Waals surface area contributed by atoms with Gasteiger partial charge in [-0.1, -0.05) is 19.1 Å². The second-order valence-corrected chi connectivity index (χ2v) is 9.07. The monoisotopic (exact) mass is 577 g/mol. The Balaban J connectivity index is 1.82. The number of Topliss-reactive ketones (excluding diaryl/α,β-unsaturated/α-hetero) is 1. The lowest BCUT2D eigenvalue weighted by Crippen LogP contribution is -2.29. The minimum atomic E-state index is -1.27. The van der Waals surface area contributed by atoms with E-state index in [9.17, 15) is 31.9 Å². The summed E-state index contributed by atoms with van der Waals surface area (Å²) in [6, 6.07) is 6.71. The summed E-state index contributed by atoms with van der Waals surface area (Å²) in [5, 5.41) is 0. The third kappa shape index (κ3) is 7.80. The fourth-order valence-electron chi connectivity index (χ4n) is 4.11. The summed E-state index contributed by atoms with van der Waals surface area (Å²) >= 11 is 0. The lowest BCUT2D eigenvalue weighted by Gasteiger charge is -2.27. The van der Waals surface area contributed by atoms with Crippen LogP contribution in [0.15, 0.2) is 48.7 Å². The third-order valence-corrected chi connectivity index (χ3v) is 6.08. The first-order valence-electron chi connectivity index (χ1n) is 12.4. The second-order valence-electron chi connectivity index (χ2n) is 9.07. The molecule has 218 valence electrons. The number of carbonyl (C=O) groups excluding carboxylic acids is 3. The van der Waals surface area contributed by atoms with Crippen molar-refractivity contribution in [3.8, 4) is 11.5 Å². The topological polar surface area (TPSA) is 101 Å². The molecule has 3 aromatic rings. The summed E-state index contributed by atoms with van der Waals surface area (Å²) in [5.41, 5.74) is -0.559. The number of carbonyl (C=O) groups is 3. The number of halogens is 4. The predicted molar refractivity (Wildman–Crippen MR) is 136 cm³/mol. The number of pyridine rings is 1. The van der Waals surface area contributed by atoms with E-state index in [1.54, 1.807) is 0 Å². The molecule has 0 N–H and O–H groups in total. The summed E-state index contributed by atoms with van der Waals surface area (Å²) in [7, 11) is 1.33. The maximum atomic E-state index is 14.8. The van der Waals surface area contributed by atoms with Crippen LogP contribution >= 0.6 is 0 Å². The zero-order valence-corrected chi connectivity index (χ0v) is 22.6. The largest absolute Gasteiger partial charge is 0.493 e. The van der Waals surface area contributed by atoms with Gasteiger partial charge in [-0.2, -0.15) is 0 Å². The Hall–Kier alpha value is -4.48. The normalized spacial score (nSPS) is 12.4. The van der Waals surface area contributed by atoms with Crippen LogP contribution in [0.5, 0.6) is 11.5 Å². The van der Waals surface area contributed by atoms with E-state index in [0.29, 0.717) is 12.1 Å². The molecule has 0 aliphatic heterocycles. The van der Waals surface area contributed by atoms with Crippen molar-refractivity contribution in [2.24, 2.45) is 5.92 Å². The Morgan fingerprint density at radius 2 is 1.49 bits per heavy atom. The van der Waals surface area contributed by atoms with Crippen molar-refractivity contribution >= 4 is 17.7 Å². The number of ether oxygens (including phenoxy) is 4. The summed E-state index contributed by atoms with van der Waals surface area (Å²) in [6.07, 6.45) is -0.345. The molecule has 0 fully saturated rings. The highest BCUT2D eigenvalue weighted by Crippen LogP contribution is 2.35. The molecule has 0 unspecified atom stereocenters. The Bertz CT molecular complexity index is 1380. The van der Waals surface area contributed by atoms with Crippen molar-refractivity contribution in [1.82, 2.24) is 4.98 Å². The SMILES string of the molecule is COc1ccnc(C(=O)C[C@@H](C)C(=O)O[C@@H](C)C(c2ccc(F)cc2F)c2ccc(F)cc2F)c1OCOC(C)=O. The number of esters is 2. The zero-order valence-electron chi connectivity index (χ0n) is 22.6. The first kappa shape index (κ1) is 31.1. The van der Waals surface area contributed by atoms with E-state index in [1.807, 2.05) is 0 Å². The van der Waals surface area contributed by atoms with Gasteiger partial charge < -0.3 is 18.9 Å². The maximum absolute atomic E-state index is 14.8. The summed E-state index contributed by atoms with van der Waals surface area (Å²) in [4.78, 5) is 41.2. The molecular weight excluding hydrogens is 550 g/mol. The molecule has 41 heavy (non-hydrogen) atoms. The van der Waals surface area contributed by atoms with Crippen LogP contribution in [0.1, 0.15) is 54.7 Å². The van der Waals surface area contributed by atoms with Crippen molar-refractivity contribution in [2.45, 2.75) is 39.2 Å². The van der Waals surface area contributed by atoms with Crippen molar-refractivity contribution in [2.75, 3.05) is 13.9 Å². The smallest absolute Gasteiger partial charge is 0.309 e. The summed E-state index contributed by atoms with van der Waals surface area (Å²) in [6.45, 7) is 3.42. The van der Waals surface area contributed by atoms with E-state index in [0.717, 1.165) is 24.3 Å². The van der Waals surface area contributed by atoms with E-state index in [-0.39, 0.29) is 28.3 Å². The molecule has 1 aromatic heterocycles. The maximum Gasteiger partial charge on any atom is 0.309 e. The molecule has 1 heterocycles. The Morgan fingerprint density at radius 1 is 0.902 bits per heavy atom. The molecule has 2 aromatic carbocycles. The van der Waals surface area contributed by atoms with Crippen molar-refractivity contribution in [3.63, 3.8) is 0 Å². The number of methoxy groups -OCH3 is 1. The molecule has 0 aliphatic rings. The van der Waals surface area contributed by atoms with Gasteiger partial charge in [-0.05, 0) is 30.2 Å². The molecule has 0 aliphatic carbocycles. The minimum Gasteiger partial charge on any atom is -0.493 e. The van der Waals surface area contributed by atoms with Gasteiger partial charge in [0.25, 0.3) is 0 Å². The highest BCUT2D eigenvalue weighted by molar-refractivity contribution is 5.99. The van der Waals surface area contributed by atoms with Crippen LogP contribution in [0.25, 0.3) is 0 Å². The number of aromatic nitrogens is 1. The zero-order chi connectivity index (χ0) is 30.3. The highest BCUT2D eigenvalue weighted by Gasteiger charge is 2.32. The van der Waals surface area contributed by atoms with Crippen molar-refractivity contribution in [1.29, 1.82) is 0 Å². The Labute approximate surface area is 233 Å². The predicted octanol–water partition coefficient (Wildman–Crippen LogP) is 5.52. The fraction of sp³-hybridized carbons (Fsp3) is 0.310. The molecule has 2 atom stereocenters. The van der Waals surface area contributed by atoms with E-state index in [4.69, 9.17) is 18.9 Å². The fourth-order valence-corrected chi connectivity index (χ4v) is 4.11. The van der Waals surface area contributed by atoms with E-state index in [1.165, 1.54) is 40.1 Å². The Morgan fingerprint density at radius 3 is 2.00 bits per heavy atom. The van der Waals surface area contributed by atoms with Crippen LogP contribution in [0, 0.1) is 29.2 Å². The average molecular weight is 578 g/mol. The summed E-state index contributed by atoms with van der Waals surface area (Å²) < 4.78 is 77.5. The Kier molecular flexibility index (Phi) is 10.4. The minimum absolute atomic E-state index is 0.103. The molecule has 0 radical (unpaired) electrons. The van der Waals surface area contributed by atoms with Gasteiger partial charge in [0.1, 0.15) is 29.4 Å². The van der Waals surface area contributed by atoms with Crippen molar-refractivity contribution < 1.29 is 50.9 Å². The van der Waals surface area contributed by atoms with Gasteiger partial charge >= 0.3 is 11.9 Å². The van der Waals surface area contributed by atoms with Crippen LogP contribution in [-0.4, -0.2) is 42.7 Å².